The fraction of sp³-hybridized carbons (Fsp3) is 0.467. The molecule has 2 aromatic rings. The lowest BCUT2D eigenvalue weighted by Gasteiger charge is -2.23. The van der Waals surface area contributed by atoms with Crippen LogP contribution in [0.3, 0.4) is 0 Å². The lowest BCUT2D eigenvalue weighted by atomic mass is 10.0. The summed E-state index contributed by atoms with van der Waals surface area (Å²) in [7, 11) is 1.96. The van der Waals surface area contributed by atoms with Gasteiger partial charge in [0.25, 0.3) is 0 Å². The molecular weight excluding hydrogens is 268 g/mol. The number of aliphatic hydroxyl groups is 1. The van der Waals surface area contributed by atoms with Gasteiger partial charge in [-0.25, -0.2) is 0 Å². The Morgan fingerprint density at radius 1 is 1.52 bits per heavy atom. The molecule has 0 amide bonds. The molecule has 1 aliphatic heterocycles. The zero-order chi connectivity index (χ0) is 14.7. The number of likely N-dealkylation sites (tertiary alicyclic amines) is 1. The Balaban J connectivity index is 1.76. The summed E-state index contributed by atoms with van der Waals surface area (Å²) in [5, 5.41) is 16.9. The van der Waals surface area contributed by atoms with Crippen LogP contribution in [0.1, 0.15) is 18.0 Å². The van der Waals surface area contributed by atoms with Gasteiger partial charge in [-0.1, -0.05) is 23.4 Å². The van der Waals surface area contributed by atoms with Gasteiger partial charge in [0.1, 0.15) is 0 Å². The van der Waals surface area contributed by atoms with Gasteiger partial charge in [0, 0.05) is 31.2 Å². The lowest BCUT2D eigenvalue weighted by Crippen LogP contribution is -2.33. The number of aliphatic hydroxyl groups excluding tert-OH is 1. The molecule has 2 heterocycles. The molecule has 0 spiro atoms. The molecule has 3 rings (SSSR count). The number of rotatable bonds is 5. The van der Waals surface area contributed by atoms with Crippen molar-refractivity contribution in [3.05, 3.63) is 36.2 Å². The van der Waals surface area contributed by atoms with E-state index in [-0.39, 0.29) is 12.1 Å². The second-order valence-corrected chi connectivity index (χ2v) is 5.42. The molecule has 0 bridgehead atoms. The zero-order valence-corrected chi connectivity index (χ0v) is 12.1. The van der Waals surface area contributed by atoms with E-state index in [9.17, 15) is 5.11 Å². The number of nitrogens with one attached hydrogen (secondary N) is 1. The SMILES string of the molecule is CN[C@@H](CN1CC[C@H](O)C1)c1cccc(-c2ncon2)c1. The van der Waals surface area contributed by atoms with Crippen molar-refractivity contribution in [3.63, 3.8) is 0 Å². The molecule has 1 aromatic carbocycles. The molecule has 6 heteroatoms. The largest absolute Gasteiger partial charge is 0.392 e. The van der Waals surface area contributed by atoms with Crippen LogP contribution in [-0.4, -0.2) is 52.9 Å². The normalized spacial score (nSPS) is 20.8. The Kier molecular flexibility index (Phi) is 4.28. The molecule has 21 heavy (non-hydrogen) atoms. The number of nitrogens with zero attached hydrogens (tertiary/aromatic N) is 3. The number of benzene rings is 1. The van der Waals surface area contributed by atoms with E-state index >= 15 is 0 Å². The number of hydrogen-bond donors (Lipinski definition) is 2. The number of likely N-dealkylation sites (N-methyl/N-ethyl adjacent to an activating group) is 1. The van der Waals surface area contributed by atoms with Gasteiger partial charge < -0.3 is 14.9 Å². The van der Waals surface area contributed by atoms with Crippen LogP contribution in [0.5, 0.6) is 0 Å². The third kappa shape index (κ3) is 3.29. The van der Waals surface area contributed by atoms with Crippen molar-refractivity contribution in [1.82, 2.24) is 20.4 Å². The van der Waals surface area contributed by atoms with E-state index in [1.165, 1.54) is 12.0 Å². The zero-order valence-electron chi connectivity index (χ0n) is 12.1. The molecule has 2 atom stereocenters. The summed E-state index contributed by atoms with van der Waals surface area (Å²) in [4.78, 5) is 6.37. The van der Waals surface area contributed by atoms with E-state index in [4.69, 9.17) is 4.52 Å². The van der Waals surface area contributed by atoms with Crippen molar-refractivity contribution in [2.45, 2.75) is 18.6 Å². The van der Waals surface area contributed by atoms with Gasteiger partial charge in [0.2, 0.25) is 12.2 Å². The first-order valence-electron chi connectivity index (χ1n) is 7.20. The van der Waals surface area contributed by atoms with Crippen molar-refractivity contribution in [2.75, 3.05) is 26.7 Å². The Morgan fingerprint density at radius 2 is 2.43 bits per heavy atom. The average Bonchev–Trinajstić information content (AvgIpc) is 3.16. The Morgan fingerprint density at radius 3 is 3.10 bits per heavy atom. The van der Waals surface area contributed by atoms with Crippen molar-refractivity contribution in [1.29, 1.82) is 0 Å². The minimum absolute atomic E-state index is 0.187. The number of aromatic nitrogens is 2. The molecule has 0 saturated carbocycles. The third-order valence-electron chi connectivity index (χ3n) is 3.95. The highest BCUT2D eigenvalue weighted by molar-refractivity contribution is 5.55. The second-order valence-electron chi connectivity index (χ2n) is 5.42. The van der Waals surface area contributed by atoms with E-state index in [2.05, 4.69) is 32.5 Å². The maximum absolute atomic E-state index is 9.64. The van der Waals surface area contributed by atoms with Crippen LogP contribution in [0, 0.1) is 0 Å². The monoisotopic (exact) mass is 288 g/mol. The molecule has 1 saturated heterocycles. The van der Waals surface area contributed by atoms with Crippen LogP contribution in [0.4, 0.5) is 0 Å². The Labute approximate surface area is 123 Å². The summed E-state index contributed by atoms with van der Waals surface area (Å²) in [6.07, 6.45) is 2.01. The standard InChI is InChI=1S/C15H20N4O2/c1-16-14(9-19-6-5-13(20)8-19)11-3-2-4-12(7-11)15-17-10-21-18-15/h2-4,7,10,13-14,16,20H,5-6,8-9H2,1H3/t13-,14-/m0/s1. The van der Waals surface area contributed by atoms with Crippen LogP contribution in [0.25, 0.3) is 11.4 Å². The second kappa shape index (κ2) is 6.34. The lowest BCUT2D eigenvalue weighted by molar-refractivity contribution is 0.173. The Bertz CT molecular complexity index is 573. The van der Waals surface area contributed by atoms with E-state index in [0.29, 0.717) is 5.82 Å². The Hall–Kier alpha value is -1.76. The fourth-order valence-electron chi connectivity index (χ4n) is 2.79. The average molecular weight is 288 g/mol. The van der Waals surface area contributed by atoms with E-state index in [1.54, 1.807) is 0 Å². The summed E-state index contributed by atoms with van der Waals surface area (Å²) in [5.41, 5.74) is 2.13. The highest BCUT2D eigenvalue weighted by atomic mass is 16.5. The smallest absolute Gasteiger partial charge is 0.214 e. The molecule has 0 radical (unpaired) electrons. The number of β-amino-alcohol motifs (C(OH)–C–C–N with tert-alkyl or cyclic N) is 1. The molecule has 1 aromatic heterocycles. The van der Waals surface area contributed by atoms with Crippen LogP contribution >= 0.6 is 0 Å². The minimum Gasteiger partial charge on any atom is -0.392 e. The predicted octanol–water partition coefficient (Wildman–Crippen LogP) is 1.06. The van der Waals surface area contributed by atoms with Gasteiger partial charge in [0.05, 0.1) is 6.10 Å². The van der Waals surface area contributed by atoms with Gasteiger partial charge >= 0.3 is 0 Å². The summed E-state index contributed by atoms with van der Waals surface area (Å²) < 4.78 is 4.80. The van der Waals surface area contributed by atoms with Crippen molar-refractivity contribution in [3.8, 4) is 11.4 Å². The summed E-state index contributed by atoms with van der Waals surface area (Å²) in [5.74, 6) is 0.600. The summed E-state index contributed by atoms with van der Waals surface area (Å²) in [6.45, 7) is 2.58. The molecule has 6 nitrogen and oxygen atoms in total. The van der Waals surface area contributed by atoms with Crippen LogP contribution in [-0.2, 0) is 0 Å². The molecule has 112 valence electrons. The summed E-state index contributed by atoms with van der Waals surface area (Å²) >= 11 is 0. The maximum Gasteiger partial charge on any atom is 0.214 e. The van der Waals surface area contributed by atoms with Crippen LogP contribution in [0.15, 0.2) is 35.2 Å². The van der Waals surface area contributed by atoms with Crippen LogP contribution < -0.4 is 5.32 Å². The third-order valence-corrected chi connectivity index (χ3v) is 3.95. The molecule has 1 fully saturated rings. The fourth-order valence-corrected chi connectivity index (χ4v) is 2.79. The van der Waals surface area contributed by atoms with Gasteiger partial charge in [-0.15, -0.1) is 0 Å². The first-order chi connectivity index (χ1) is 10.3. The molecule has 2 N–H and O–H groups in total. The van der Waals surface area contributed by atoms with Crippen LogP contribution in [0.2, 0.25) is 0 Å². The molecule has 0 unspecified atom stereocenters. The van der Waals surface area contributed by atoms with Crippen molar-refractivity contribution >= 4 is 0 Å². The summed E-state index contributed by atoms with van der Waals surface area (Å²) in [6, 6.07) is 8.36. The molecule has 0 aliphatic carbocycles. The minimum atomic E-state index is -0.187. The molecule has 1 aliphatic rings. The quantitative estimate of drug-likeness (QED) is 0.857. The first kappa shape index (κ1) is 14.2. The van der Waals surface area contributed by atoms with Gasteiger partial charge in [0.15, 0.2) is 0 Å². The van der Waals surface area contributed by atoms with E-state index in [1.807, 2.05) is 19.2 Å². The number of hydrogen-bond acceptors (Lipinski definition) is 6. The van der Waals surface area contributed by atoms with Gasteiger partial charge in [-0.3, -0.25) is 4.90 Å². The van der Waals surface area contributed by atoms with Gasteiger partial charge in [-0.2, -0.15) is 4.98 Å². The highest BCUT2D eigenvalue weighted by Gasteiger charge is 2.23. The van der Waals surface area contributed by atoms with Crippen molar-refractivity contribution in [2.24, 2.45) is 0 Å². The topological polar surface area (TPSA) is 74.4 Å². The first-order valence-corrected chi connectivity index (χ1v) is 7.20. The predicted molar refractivity (Wildman–Crippen MR) is 78.6 cm³/mol. The van der Waals surface area contributed by atoms with E-state index in [0.717, 1.165) is 31.6 Å². The van der Waals surface area contributed by atoms with E-state index < -0.39 is 0 Å². The van der Waals surface area contributed by atoms with Crippen molar-refractivity contribution < 1.29 is 9.63 Å². The molecular formula is C15H20N4O2. The highest BCUT2D eigenvalue weighted by Crippen LogP contribution is 2.22. The van der Waals surface area contributed by atoms with Gasteiger partial charge in [-0.05, 0) is 25.1 Å². The maximum atomic E-state index is 9.64.